The first-order valence-electron chi connectivity index (χ1n) is 5.19. The van der Waals surface area contributed by atoms with Gasteiger partial charge in [-0.05, 0) is 44.4 Å². The second-order valence-electron chi connectivity index (χ2n) is 4.21. The van der Waals surface area contributed by atoms with Gasteiger partial charge < -0.3 is 0 Å². The number of ketones is 1. The number of carbonyl (C=O) groups excluding carboxylic acids is 1. The zero-order chi connectivity index (χ0) is 11.6. The average Bonchev–Trinajstić information content (AvgIpc) is 2.20. The Morgan fingerprint density at radius 1 is 1.47 bits per heavy atom. The zero-order valence-electron chi connectivity index (χ0n) is 9.73. The normalized spacial score (nSPS) is 14.7. The number of benzene rings is 1. The lowest BCUT2D eigenvalue weighted by atomic mass is 9.76. The molecule has 0 saturated carbocycles. The third-order valence-corrected chi connectivity index (χ3v) is 3.28. The first-order valence-corrected chi connectivity index (χ1v) is 5.19. The molecule has 1 atom stereocenters. The van der Waals surface area contributed by atoms with E-state index in [0.29, 0.717) is 5.56 Å². The molecule has 0 aliphatic carbocycles. The SMILES string of the molecule is CCC(C)(C(C)=O)c1ccc(F)c(C)c1. The van der Waals surface area contributed by atoms with Crippen LogP contribution in [-0.4, -0.2) is 5.78 Å². The Labute approximate surface area is 90.3 Å². The van der Waals surface area contributed by atoms with Gasteiger partial charge in [0.1, 0.15) is 11.6 Å². The molecule has 1 aromatic rings. The van der Waals surface area contributed by atoms with Gasteiger partial charge in [-0.3, -0.25) is 4.79 Å². The lowest BCUT2D eigenvalue weighted by molar-refractivity contribution is -0.122. The summed E-state index contributed by atoms with van der Waals surface area (Å²) in [6.45, 7) is 7.18. The van der Waals surface area contributed by atoms with Crippen molar-refractivity contribution in [1.29, 1.82) is 0 Å². The summed E-state index contributed by atoms with van der Waals surface area (Å²) >= 11 is 0. The summed E-state index contributed by atoms with van der Waals surface area (Å²) in [5, 5.41) is 0. The van der Waals surface area contributed by atoms with Crippen molar-refractivity contribution in [3.8, 4) is 0 Å². The lowest BCUT2D eigenvalue weighted by Crippen LogP contribution is -2.29. The molecule has 0 bridgehead atoms. The summed E-state index contributed by atoms with van der Waals surface area (Å²) in [5.74, 6) is -0.100. The minimum atomic E-state index is -0.488. The molecule has 0 amide bonds. The molecule has 15 heavy (non-hydrogen) atoms. The van der Waals surface area contributed by atoms with E-state index in [1.165, 1.54) is 6.07 Å². The Morgan fingerprint density at radius 2 is 2.07 bits per heavy atom. The second-order valence-corrected chi connectivity index (χ2v) is 4.21. The minimum Gasteiger partial charge on any atom is -0.299 e. The third-order valence-electron chi connectivity index (χ3n) is 3.28. The third kappa shape index (κ3) is 2.09. The molecule has 0 heterocycles. The van der Waals surface area contributed by atoms with Gasteiger partial charge in [0.2, 0.25) is 0 Å². The van der Waals surface area contributed by atoms with Gasteiger partial charge in [0.15, 0.2) is 0 Å². The van der Waals surface area contributed by atoms with Gasteiger partial charge in [0, 0.05) is 0 Å². The molecule has 0 N–H and O–H groups in total. The van der Waals surface area contributed by atoms with E-state index in [1.54, 1.807) is 26.0 Å². The van der Waals surface area contributed by atoms with Gasteiger partial charge in [-0.25, -0.2) is 4.39 Å². The second kappa shape index (κ2) is 4.13. The van der Waals surface area contributed by atoms with Crippen LogP contribution < -0.4 is 0 Å². The fourth-order valence-corrected chi connectivity index (χ4v) is 1.64. The van der Waals surface area contributed by atoms with Crippen molar-refractivity contribution in [2.75, 3.05) is 0 Å². The largest absolute Gasteiger partial charge is 0.299 e. The molecule has 1 unspecified atom stereocenters. The summed E-state index contributed by atoms with van der Waals surface area (Å²) in [4.78, 5) is 11.6. The van der Waals surface area contributed by atoms with Crippen LogP contribution in [0.25, 0.3) is 0 Å². The number of carbonyl (C=O) groups is 1. The van der Waals surface area contributed by atoms with Crippen LogP contribution in [0.5, 0.6) is 0 Å². The van der Waals surface area contributed by atoms with Crippen molar-refractivity contribution in [1.82, 2.24) is 0 Å². The minimum absolute atomic E-state index is 0.121. The molecule has 0 fully saturated rings. The predicted molar refractivity (Wildman–Crippen MR) is 59.5 cm³/mol. The van der Waals surface area contributed by atoms with Gasteiger partial charge in [-0.2, -0.15) is 0 Å². The fourth-order valence-electron chi connectivity index (χ4n) is 1.64. The summed E-state index contributed by atoms with van der Waals surface area (Å²) in [7, 11) is 0. The van der Waals surface area contributed by atoms with E-state index in [-0.39, 0.29) is 11.6 Å². The van der Waals surface area contributed by atoms with Crippen LogP contribution in [0.3, 0.4) is 0 Å². The number of rotatable bonds is 3. The fraction of sp³-hybridized carbons (Fsp3) is 0.462. The quantitative estimate of drug-likeness (QED) is 0.744. The lowest BCUT2D eigenvalue weighted by Gasteiger charge is -2.26. The smallest absolute Gasteiger partial charge is 0.140 e. The van der Waals surface area contributed by atoms with Gasteiger partial charge in [-0.15, -0.1) is 0 Å². The van der Waals surface area contributed by atoms with E-state index >= 15 is 0 Å². The highest BCUT2D eigenvalue weighted by Crippen LogP contribution is 2.29. The van der Waals surface area contributed by atoms with Crippen LogP contribution in [-0.2, 0) is 10.2 Å². The number of Topliss-reactive ketones (excluding diaryl/α,β-unsaturated/α-hetero) is 1. The predicted octanol–water partition coefficient (Wildman–Crippen LogP) is 3.39. The standard InChI is InChI=1S/C13H17FO/c1-5-13(4,10(3)15)11-6-7-12(14)9(2)8-11/h6-8H,5H2,1-4H3. The Morgan fingerprint density at radius 3 is 2.47 bits per heavy atom. The first-order chi connectivity index (χ1) is 6.91. The highest BCUT2D eigenvalue weighted by molar-refractivity contribution is 5.87. The summed E-state index contributed by atoms with van der Waals surface area (Å²) in [5.41, 5.74) is 1.00. The maximum Gasteiger partial charge on any atom is 0.140 e. The maximum atomic E-state index is 13.1. The topological polar surface area (TPSA) is 17.1 Å². The molecule has 82 valence electrons. The van der Waals surface area contributed by atoms with Crippen molar-refractivity contribution >= 4 is 5.78 Å². The van der Waals surface area contributed by atoms with E-state index in [9.17, 15) is 9.18 Å². The Bertz CT molecular complexity index is 384. The number of aryl methyl sites for hydroxylation is 1. The molecular formula is C13H17FO. The summed E-state index contributed by atoms with van der Waals surface area (Å²) in [6, 6.07) is 4.90. The highest BCUT2D eigenvalue weighted by Gasteiger charge is 2.30. The number of hydrogen-bond acceptors (Lipinski definition) is 1. The van der Waals surface area contributed by atoms with Crippen LogP contribution in [0.4, 0.5) is 4.39 Å². The average molecular weight is 208 g/mol. The highest BCUT2D eigenvalue weighted by atomic mass is 19.1. The van der Waals surface area contributed by atoms with Gasteiger partial charge in [-0.1, -0.05) is 19.1 Å². The van der Waals surface area contributed by atoms with E-state index in [4.69, 9.17) is 0 Å². The molecule has 0 radical (unpaired) electrons. The Balaban J connectivity index is 3.25. The van der Waals surface area contributed by atoms with Gasteiger partial charge >= 0.3 is 0 Å². The van der Waals surface area contributed by atoms with Crippen LogP contribution in [0.2, 0.25) is 0 Å². The van der Waals surface area contributed by atoms with E-state index in [0.717, 1.165) is 12.0 Å². The summed E-state index contributed by atoms with van der Waals surface area (Å²) in [6.07, 6.45) is 0.730. The van der Waals surface area contributed by atoms with Crippen LogP contribution >= 0.6 is 0 Å². The van der Waals surface area contributed by atoms with Gasteiger partial charge in [0.05, 0.1) is 5.41 Å². The van der Waals surface area contributed by atoms with E-state index in [1.807, 2.05) is 13.8 Å². The molecule has 0 aromatic heterocycles. The Hall–Kier alpha value is -1.18. The Kier molecular flexibility index (Phi) is 3.28. The molecule has 1 nitrogen and oxygen atoms in total. The van der Waals surface area contributed by atoms with E-state index < -0.39 is 5.41 Å². The van der Waals surface area contributed by atoms with Crippen molar-refractivity contribution in [2.24, 2.45) is 0 Å². The molecular weight excluding hydrogens is 191 g/mol. The zero-order valence-corrected chi connectivity index (χ0v) is 9.73. The molecule has 0 aliphatic rings. The molecule has 2 heteroatoms. The van der Waals surface area contributed by atoms with Crippen molar-refractivity contribution < 1.29 is 9.18 Å². The summed E-state index contributed by atoms with van der Waals surface area (Å²) < 4.78 is 13.1. The van der Waals surface area contributed by atoms with Crippen LogP contribution in [0.1, 0.15) is 38.3 Å². The maximum absolute atomic E-state index is 13.1. The van der Waals surface area contributed by atoms with E-state index in [2.05, 4.69) is 0 Å². The molecule has 1 rings (SSSR count). The van der Waals surface area contributed by atoms with Crippen molar-refractivity contribution in [2.45, 2.75) is 39.5 Å². The van der Waals surface area contributed by atoms with Crippen LogP contribution in [0.15, 0.2) is 18.2 Å². The van der Waals surface area contributed by atoms with Crippen LogP contribution in [0, 0.1) is 12.7 Å². The first kappa shape index (κ1) is 11.9. The van der Waals surface area contributed by atoms with Gasteiger partial charge in [0.25, 0.3) is 0 Å². The molecule has 0 spiro atoms. The number of hydrogen-bond donors (Lipinski definition) is 0. The molecule has 1 aromatic carbocycles. The number of halogens is 1. The molecule has 0 aliphatic heterocycles. The van der Waals surface area contributed by atoms with Crippen molar-refractivity contribution in [3.63, 3.8) is 0 Å². The molecule has 0 saturated heterocycles. The van der Waals surface area contributed by atoms with Crippen molar-refractivity contribution in [3.05, 3.63) is 35.1 Å². The monoisotopic (exact) mass is 208 g/mol.